The number of fused-ring (bicyclic) bond motifs is 6. The SMILES string of the molecule is CC1(C)c2ccccc2-c2ccc(N(c3ccc(-c4ccccc4)cc3)c3cccc4c5cccc(-c6cccc(-c7nc(-c8ccccc8)nc(-c8ccccc8)n7)c6)c5n(-c5ccccc5)c34)cc21. The third-order valence-corrected chi connectivity index (χ3v) is 14.2. The van der Waals surface area contributed by atoms with Crippen LogP contribution in [0.4, 0.5) is 17.1 Å². The molecule has 1 aliphatic rings. The van der Waals surface area contributed by atoms with Crippen LogP contribution in [0.15, 0.2) is 249 Å². The highest BCUT2D eigenvalue weighted by molar-refractivity contribution is 6.18. The molecule has 0 atom stereocenters. The Morgan fingerprint density at radius 1 is 0.338 bits per heavy atom. The summed E-state index contributed by atoms with van der Waals surface area (Å²) in [5, 5.41) is 2.33. The summed E-state index contributed by atoms with van der Waals surface area (Å²) < 4.78 is 2.48. The predicted octanol–water partition coefficient (Wildman–Crippen LogP) is 17.1. The van der Waals surface area contributed by atoms with E-state index in [0.717, 1.165) is 72.4 Å². The number of aromatic nitrogens is 4. The molecular weight excluding hydrogens is 863 g/mol. The zero-order valence-electron chi connectivity index (χ0n) is 39.4. The van der Waals surface area contributed by atoms with E-state index >= 15 is 0 Å². The summed E-state index contributed by atoms with van der Waals surface area (Å²) in [6.07, 6.45) is 0. The minimum absolute atomic E-state index is 0.174. The minimum Gasteiger partial charge on any atom is -0.308 e. The molecule has 0 aliphatic heterocycles. The lowest BCUT2D eigenvalue weighted by atomic mass is 9.82. The second kappa shape index (κ2) is 17.1. The summed E-state index contributed by atoms with van der Waals surface area (Å²) in [5.74, 6) is 1.89. The van der Waals surface area contributed by atoms with Crippen molar-refractivity contribution in [3.8, 4) is 73.2 Å². The normalized spacial score (nSPS) is 12.5. The molecule has 0 saturated carbocycles. The van der Waals surface area contributed by atoms with Crippen molar-refractivity contribution < 1.29 is 0 Å². The highest BCUT2D eigenvalue weighted by Gasteiger charge is 2.36. The van der Waals surface area contributed by atoms with Gasteiger partial charge in [0.15, 0.2) is 17.5 Å². The fourth-order valence-corrected chi connectivity index (χ4v) is 10.8. The fourth-order valence-electron chi connectivity index (χ4n) is 10.8. The summed E-state index contributed by atoms with van der Waals surface area (Å²) in [6, 6.07) is 88.9. The molecule has 2 aromatic heterocycles. The van der Waals surface area contributed by atoms with Gasteiger partial charge in [0.05, 0.1) is 16.7 Å². The van der Waals surface area contributed by atoms with E-state index in [4.69, 9.17) is 15.0 Å². The van der Waals surface area contributed by atoms with Gasteiger partial charge >= 0.3 is 0 Å². The van der Waals surface area contributed by atoms with Crippen molar-refractivity contribution in [3.63, 3.8) is 0 Å². The van der Waals surface area contributed by atoms with Gasteiger partial charge in [-0.3, -0.25) is 0 Å². The Morgan fingerprint density at radius 2 is 0.817 bits per heavy atom. The standard InChI is InChI=1S/C66H47N5/c1-66(2)58-34-16-15-30-54(58)55-41-40-52(43-59(55)66)70(51-38-36-45(37-39-51)44-20-7-3-8-21-44)60-35-19-33-57-56-32-18-31-53(61(56)71(62(57)60)50-28-13-6-14-29-50)48-26-17-27-49(42-48)65-68-63(46-22-9-4-10-23-46)67-64(69-65)47-24-11-5-12-25-47/h3-43H,1-2H3. The lowest BCUT2D eigenvalue weighted by Gasteiger charge is -2.29. The topological polar surface area (TPSA) is 46.8 Å². The first-order valence-corrected chi connectivity index (χ1v) is 24.3. The summed E-state index contributed by atoms with van der Waals surface area (Å²) in [4.78, 5) is 17.7. The molecule has 12 aromatic rings. The fraction of sp³-hybridized carbons (Fsp3) is 0.0455. The van der Waals surface area contributed by atoms with Crippen molar-refractivity contribution in [1.82, 2.24) is 19.5 Å². The summed E-state index contributed by atoms with van der Waals surface area (Å²) >= 11 is 0. The van der Waals surface area contributed by atoms with Crippen molar-refractivity contribution in [3.05, 3.63) is 260 Å². The summed E-state index contributed by atoms with van der Waals surface area (Å²) in [5.41, 5.74) is 19.0. The van der Waals surface area contributed by atoms with Gasteiger partial charge in [-0.05, 0) is 87.5 Å². The van der Waals surface area contributed by atoms with E-state index in [1.165, 1.54) is 33.4 Å². The molecule has 2 heterocycles. The number of anilines is 3. The van der Waals surface area contributed by atoms with E-state index in [1.54, 1.807) is 0 Å². The van der Waals surface area contributed by atoms with Crippen LogP contribution < -0.4 is 4.90 Å². The molecule has 0 bridgehead atoms. The molecular formula is C66H47N5. The Bertz CT molecular complexity index is 3880. The molecule has 71 heavy (non-hydrogen) atoms. The zero-order valence-corrected chi connectivity index (χ0v) is 39.4. The van der Waals surface area contributed by atoms with Gasteiger partial charge in [0.2, 0.25) is 0 Å². The summed E-state index contributed by atoms with van der Waals surface area (Å²) in [7, 11) is 0. The third-order valence-electron chi connectivity index (χ3n) is 14.2. The van der Waals surface area contributed by atoms with Crippen LogP contribution in [0.3, 0.4) is 0 Å². The van der Waals surface area contributed by atoms with Crippen LogP contribution in [0.1, 0.15) is 25.0 Å². The van der Waals surface area contributed by atoms with Gasteiger partial charge in [-0.15, -0.1) is 0 Å². The van der Waals surface area contributed by atoms with Crippen LogP contribution in [-0.4, -0.2) is 19.5 Å². The quantitative estimate of drug-likeness (QED) is 0.145. The molecule has 10 aromatic carbocycles. The van der Waals surface area contributed by atoms with E-state index in [1.807, 2.05) is 60.7 Å². The Kier molecular flexibility index (Phi) is 10.1. The monoisotopic (exact) mass is 909 g/mol. The van der Waals surface area contributed by atoms with Crippen LogP contribution in [0.2, 0.25) is 0 Å². The van der Waals surface area contributed by atoms with Crippen molar-refractivity contribution in [2.45, 2.75) is 19.3 Å². The van der Waals surface area contributed by atoms with Crippen molar-refractivity contribution >= 4 is 38.9 Å². The van der Waals surface area contributed by atoms with E-state index in [2.05, 4.69) is 211 Å². The molecule has 0 radical (unpaired) electrons. The van der Waals surface area contributed by atoms with E-state index in [9.17, 15) is 0 Å². The number of para-hydroxylation sites is 3. The van der Waals surface area contributed by atoms with Crippen LogP contribution in [0.25, 0.3) is 95.0 Å². The number of rotatable bonds is 9. The summed E-state index contributed by atoms with van der Waals surface area (Å²) in [6.45, 7) is 4.71. The largest absolute Gasteiger partial charge is 0.308 e. The van der Waals surface area contributed by atoms with Crippen LogP contribution in [0.5, 0.6) is 0 Å². The molecule has 1 aliphatic carbocycles. The van der Waals surface area contributed by atoms with E-state index in [0.29, 0.717) is 17.5 Å². The highest BCUT2D eigenvalue weighted by atomic mass is 15.2. The second-order valence-corrected chi connectivity index (χ2v) is 18.8. The average molecular weight is 910 g/mol. The number of hydrogen-bond acceptors (Lipinski definition) is 4. The first-order valence-electron chi connectivity index (χ1n) is 24.3. The van der Waals surface area contributed by atoms with Gasteiger partial charge in [-0.2, -0.15) is 0 Å². The number of nitrogens with zero attached hydrogens (tertiary/aromatic N) is 5. The van der Waals surface area contributed by atoms with Gasteiger partial charge < -0.3 is 9.47 Å². The van der Waals surface area contributed by atoms with Gasteiger partial charge in [0.1, 0.15) is 0 Å². The first kappa shape index (κ1) is 42.0. The lowest BCUT2D eigenvalue weighted by Crippen LogP contribution is -2.17. The van der Waals surface area contributed by atoms with Crippen molar-refractivity contribution in [2.24, 2.45) is 0 Å². The molecule has 0 amide bonds. The maximum absolute atomic E-state index is 5.12. The van der Waals surface area contributed by atoms with Gasteiger partial charge in [-0.1, -0.05) is 214 Å². The van der Waals surface area contributed by atoms with E-state index < -0.39 is 0 Å². The Balaban J connectivity index is 1.03. The van der Waals surface area contributed by atoms with E-state index in [-0.39, 0.29) is 5.41 Å². The van der Waals surface area contributed by atoms with Crippen LogP contribution in [0, 0.1) is 0 Å². The Hall–Kier alpha value is -9.19. The molecule has 0 spiro atoms. The predicted molar refractivity (Wildman–Crippen MR) is 294 cm³/mol. The van der Waals surface area contributed by atoms with Crippen LogP contribution >= 0.6 is 0 Å². The molecule has 13 rings (SSSR count). The molecule has 336 valence electrons. The molecule has 5 heteroatoms. The first-order chi connectivity index (χ1) is 35.0. The number of hydrogen-bond donors (Lipinski definition) is 0. The third kappa shape index (κ3) is 7.21. The average Bonchev–Trinajstić information content (AvgIpc) is 3.91. The van der Waals surface area contributed by atoms with Crippen molar-refractivity contribution in [1.29, 1.82) is 0 Å². The van der Waals surface area contributed by atoms with Gasteiger partial charge in [0, 0.05) is 55.5 Å². The molecule has 5 nitrogen and oxygen atoms in total. The minimum atomic E-state index is -0.174. The zero-order chi connectivity index (χ0) is 47.5. The molecule has 0 fully saturated rings. The number of benzene rings is 10. The molecule has 0 unspecified atom stereocenters. The maximum atomic E-state index is 5.12. The van der Waals surface area contributed by atoms with Crippen LogP contribution in [-0.2, 0) is 5.41 Å². The molecule has 0 N–H and O–H groups in total. The lowest BCUT2D eigenvalue weighted by molar-refractivity contribution is 0.660. The van der Waals surface area contributed by atoms with Gasteiger partial charge in [-0.25, -0.2) is 15.0 Å². The highest BCUT2D eigenvalue weighted by Crippen LogP contribution is 2.52. The van der Waals surface area contributed by atoms with Crippen molar-refractivity contribution in [2.75, 3.05) is 4.90 Å². The maximum Gasteiger partial charge on any atom is 0.164 e. The Morgan fingerprint density at radius 3 is 1.49 bits per heavy atom. The smallest absolute Gasteiger partial charge is 0.164 e. The Labute approximate surface area is 413 Å². The van der Waals surface area contributed by atoms with Gasteiger partial charge in [0.25, 0.3) is 0 Å². The second-order valence-electron chi connectivity index (χ2n) is 18.8. The molecule has 0 saturated heterocycles.